The van der Waals surface area contributed by atoms with Crippen molar-refractivity contribution < 1.29 is 0 Å². The van der Waals surface area contributed by atoms with Gasteiger partial charge in [0.1, 0.15) is 0 Å². The minimum atomic E-state index is 0.964. The molecule has 0 amide bonds. The molecule has 0 aromatic heterocycles. The van der Waals surface area contributed by atoms with Gasteiger partial charge in [-0.2, -0.15) is 0 Å². The van der Waals surface area contributed by atoms with Crippen LogP contribution in [0.1, 0.15) is 175 Å². The van der Waals surface area contributed by atoms with Crippen LogP contribution in [0.2, 0.25) is 0 Å². The zero-order valence-electron chi connectivity index (χ0n) is 21.5. The molecule has 0 aliphatic heterocycles. The second-order valence-corrected chi connectivity index (χ2v) is 9.93. The van der Waals surface area contributed by atoms with E-state index in [1.54, 1.807) is 0 Å². The molecule has 30 heavy (non-hydrogen) atoms. The minimum absolute atomic E-state index is 0.964. The van der Waals surface area contributed by atoms with E-state index in [1.807, 2.05) is 6.92 Å². The zero-order valence-corrected chi connectivity index (χ0v) is 21.5. The molecule has 0 bridgehead atoms. The molecule has 0 rings (SSSR count). The van der Waals surface area contributed by atoms with E-state index in [9.17, 15) is 0 Å². The van der Waals surface area contributed by atoms with Gasteiger partial charge in [0, 0.05) is 6.42 Å². The first kappa shape index (κ1) is 29.6. The number of unbranched alkanes of at least 4 members (excludes halogenated alkanes) is 20. The van der Waals surface area contributed by atoms with E-state index < -0.39 is 0 Å². The third-order valence-corrected chi connectivity index (χ3v) is 6.73. The van der Waals surface area contributed by atoms with Gasteiger partial charge in [-0.05, 0) is 19.3 Å². The fraction of sp³-hybridized carbons (Fsp3) is 0.933. The van der Waals surface area contributed by atoms with Crippen molar-refractivity contribution in [1.29, 1.82) is 0 Å². The molecule has 0 saturated heterocycles. The first-order chi connectivity index (χ1) is 14.8. The van der Waals surface area contributed by atoms with E-state index in [-0.39, 0.29) is 0 Å². The molecular formula is C30H58. The molecule has 0 aliphatic carbocycles. The summed E-state index contributed by atoms with van der Waals surface area (Å²) in [6, 6.07) is 0. The molecular weight excluding hydrogens is 360 g/mol. The van der Waals surface area contributed by atoms with Crippen LogP contribution < -0.4 is 0 Å². The van der Waals surface area contributed by atoms with Gasteiger partial charge in [-0.15, -0.1) is 11.8 Å². The molecule has 0 nitrogen and oxygen atoms in total. The van der Waals surface area contributed by atoms with Crippen LogP contribution in [0.5, 0.6) is 0 Å². The lowest BCUT2D eigenvalue weighted by molar-refractivity contribution is 0.440. The summed E-state index contributed by atoms with van der Waals surface area (Å²) in [6.45, 7) is 6.70. The van der Waals surface area contributed by atoms with Gasteiger partial charge < -0.3 is 0 Å². The highest BCUT2D eigenvalue weighted by Crippen LogP contribution is 2.18. The van der Waals surface area contributed by atoms with Crippen LogP contribution in [0, 0.1) is 17.8 Å². The summed E-state index contributed by atoms with van der Waals surface area (Å²) in [5, 5.41) is 0. The average molecular weight is 419 g/mol. The maximum atomic E-state index is 3.16. The Morgan fingerprint density at radius 2 is 0.800 bits per heavy atom. The predicted octanol–water partition coefficient (Wildman–Crippen LogP) is 11.0. The van der Waals surface area contributed by atoms with Crippen LogP contribution in [0.15, 0.2) is 0 Å². The minimum Gasteiger partial charge on any atom is -0.107 e. The average Bonchev–Trinajstić information content (AvgIpc) is 2.75. The molecule has 0 fully saturated rings. The third kappa shape index (κ3) is 25.6. The summed E-state index contributed by atoms with van der Waals surface area (Å²) in [5.74, 6) is 7.11. The van der Waals surface area contributed by atoms with Gasteiger partial charge in [0.2, 0.25) is 0 Å². The first-order valence-corrected chi connectivity index (χ1v) is 14.2. The van der Waals surface area contributed by atoms with Crippen LogP contribution in [-0.2, 0) is 0 Å². The number of hydrogen-bond donors (Lipinski definition) is 0. The van der Waals surface area contributed by atoms with Crippen molar-refractivity contribution in [3.63, 3.8) is 0 Å². The van der Waals surface area contributed by atoms with Crippen molar-refractivity contribution in [1.82, 2.24) is 0 Å². The molecule has 0 spiro atoms. The van der Waals surface area contributed by atoms with Crippen molar-refractivity contribution in [3.8, 4) is 11.8 Å². The Morgan fingerprint density at radius 1 is 0.467 bits per heavy atom. The van der Waals surface area contributed by atoms with Gasteiger partial charge in [-0.3, -0.25) is 0 Å². The van der Waals surface area contributed by atoms with E-state index in [1.165, 1.54) is 148 Å². The summed E-state index contributed by atoms with van der Waals surface area (Å²) in [5.41, 5.74) is 0. The van der Waals surface area contributed by atoms with Crippen molar-refractivity contribution >= 4 is 0 Å². The summed E-state index contributed by atoms with van der Waals surface area (Å²) in [4.78, 5) is 0. The molecule has 0 aliphatic rings. The van der Waals surface area contributed by atoms with Crippen LogP contribution in [0.25, 0.3) is 0 Å². The largest absolute Gasteiger partial charge is 0.107 e. The van der Waals surface area contributed by atoms with Gasteiger partial charge in [-0.25, -0.2) is 0 Å². The molecule has 1 atom stereocenters. The standard InChI is InChI=1S/C30H58/c1-4-6-8-9-10-11-12-13-14-15-16-17-18-19-20-21-22-23-24-25-26-27-29-30(3)28-7-5-2/h30H,5,7-29H2,1-3H3. The second kappa shape index (κ2) is 26.6. The predicted molar refractivity (Wildman–Crippen MR) is 139 cm³/mol. The third-order valence-electron chi connectivity index (χ3n) is 6.73. The lowest BCUT2D eigenvalue weighted by atomic mass is 9.97. The Labute approximate surface area is 192 Å². The van der Waals surface area contributed by atoms with Crippen molar-refractivity contribution in [2.75, 3.05) is 0 Å². The monoisotopic (exact) mass is 418 g/mol. The Morgan fingerprint density at radius 3 is 1.17 bits per heavy atom. The molecule has 0 aromatic rings. The van der Waals surface area contributed by atoms with Gasteiger partial charge >= 0.3 is 0 Å². The molecule has 0 saturated carbocycles. The summed E-state index contributed by atoms with van der Waals surface area (Å²) >= 11 is 0. The molecule has 178 valence electrons. The highest BCUT2D eigenvalue weighted by molar-refractivity contribution is 4.94. The van der Waals surface area contributed by atoms with Crippen LogP contribution >= 0.6 is 0 Å². The van der Waals surface area contributed by atoms with Crippen molar-refractivity contribution in [2.45, 2.75) is 175 Å². The number of rotatable bonds is 24. The maximum Gasteiger partial charge on any atom is 0.00885 e. The van der Waals surface area contributed by atoms with Crippen LogP contribution in [0.4, 0.5) is 0 Å². The molecule has 0 aromatic carbocycles. The molecule has 0 N–H and O–H groups in total. The van der Waals surface area contributed by atoms with Crippen molar-refractivity contribution in [2.24, 2.45) is 5.92 Å². The van der Waals surface area contributed by atoms with E-state index in [0.29, 0.717) is 0 Å². The summed E-state index contributed by atoms with van der Waals surface area (Å²) in [6.07, 6.45) is 34.5. The maximum absolute atomic E-state index is 3.16. The lowest BCUT2D eigenvalue weighted by Crippen LogP contribution is -1.94. The zero-order chi connectivity index (χ0) is 22.0. The Balaban J connectivity index is 3.05. The number of hydrogen-bond acceptors (Lipinski definition) is 0. The fourth-order valence-corrected chi connectivity index (χ4v) is 4.53. The van der Waals surface area contributed by atoms with E-state index in [4.69, 9.17) is 0 Å². The molecule has 0 radical (unpaired) electrons. The van der Waals surface area contributed by atoms with Crippen molar-refractivity contribution in [3.05, 3.63) is 0 Å². The summed E-state index contributed by atoms with van der Waals surface area (Å²) in [7, 11) is 0. The highest BCUT2D eigenvalue weighted by Gasteiger charge is 2.01. The topological polar surface area (TPSA) is 0 Å². The quantitative estimate of drug-likeness (QED) is 0.108. The highest BCUT2D eigenvalue weighted by atomic mass is 14.1. The van der Waals surface area contributed by atoms with Crippen LogP contribution in [-0.4, -0.2) is 0 Å². The van der Waals surface area contributed by atoms with Gasteiger partial charge in [0.25, 0.3) is 0 Å². The van der Waals surface area contributed by atoms with Gasteiger partial charge in [-0.1, -0.05) is 155 Å². The molecule has 1 unspecified atom stereocenters. The normalized spacial score (nSPS) is 12.0. The SMILES string of the molecule is CC#CCCCCCCCCCCCCCCCCCCCCCC(C)CCCC. The van der Waals surface area contributed by atoms with E-state index in [2.05, 4.69) is 25.7 Å². The van der Waals surface area contributed by atoms with Gasteiger partial charge in [0.05, 0.1) is 0 Å². The Kier molecular flexibility index (Phi) is 26.2. The van der Waals surface area contributed by atoms with E-state index in [0.717, 1.165) is 12.3 Å². The fourth-order valence-electron chi connectivity index (χ4n) is 4.53. The van der Waals surface area contributed by atoms with E-state index >= 15 is 0 Å². The Bertz CT molecular complexity index is 358. The van der Waals surface area contributed by atoms with Crippen LogP contribution in [0.3, 0.4) is 0 Å². The smallest absolute Gasteiger partial charge is 0.00885 e. The molecule has 0 heteroatoms. The second-order valence-electron chi connectivity index (χ2n) is 9.93. The lowest BCUT2D eigenvalue weighted by Gasteiger charge is -2.10. The first-order valence-electron chi connectivity index (χ1n) is 14.2. The molecule has 0 heterocycles. The summed E-state index contributed by atoms with van der Waals surface area (Å²) < 4.78 is 0. The Hall–Kier alpha value is -0.440. The van der Waals surface area contributed by atoms with Gasteiger partial charge in [0.15, 0.2) is 0 Å².